The van der Waals surface area contributed by atoms with Gasteiger partial charge in [0.1, 0.15) is 12.6 Å². The lowest BCUT2D eigenvalue weighted by molar-refractivity contribution is -0.134. The number of nitrogens with zero attached hydrogens (tertiary/aromatic N) is 6. The second-order valence-electron chi connectivity index (χ2n) is 7.57. The van der Waals surface area contributed by atoms with Gasteiger partial charge in [-0.15, -0.1) is 0 Å². The van der Waals surface area contributed by atoms with Crippen LogP contribution in [0.2, 0.25) is 0 Å². The van der Waals surface area contributed by atoms with Gasteiger partial charge >= 0.3 is 0 Å². The molecular formula is C19H31N7O4. The Morgan fingerprint density at radius 3 is 2.80 bits per heavy atom. The molecule has 11 heteroatoms. The molecule has 30 heavy (non-hydrogen) atoms. The van der Waals surface area contributed by atoms with E-state index in [1.165, 1.54) is 6.33 Å². The third kappa shape index (κ3) is 5.05. The number of aliphatic hydroxyl groups excluding tert-OH is 1. The number of hydrogen-bond acceptors (Lipinski definition) is 10. The van der Waals surface area contributed by atoms with E-state index >= 15 is 0 Å². The summed E-state index contributed by atoms with van der Waals surface area (Å²) >= 11 is 0. The van der Waals surface area contributed by atoms with Gasteiger partial charge in [0.15, 0.2) is 17.0 Å². The van der Waals surface area contributed by atoms with Crippen molar-refractivity contribution in [2.45, 2.75) is 12.3 Å². The molecule has 0 saturated carbocycles. The first-order valence-electron chi connectivity index (χ1n) is 10.5. The molecule has 2 atom stereocenters. The van der Waals surface area contributed by atoms with Crippen LogP contribution in [0.4, 0.5) is 5.82 Å². The Balaban J connectivity index is 1.46. The van der Waals surface area contributed by atoms with Crippen LogP contribution in [0.3, 0.4) is 0 Å². The summed E-state index contributed by atoms with van der Waals surface area (Å²) in [6, 6.07) is 0. The molecule has 0 bridgehead atoms. The highest BCUT2D eigenvalue weighted by atomic mass is 16.5. The number of methoxy groups -OCH3 is 1. The van der Waals surface area contributed by atoms with Crippen LogP contribution in [-0.2, 0) is 14.2 Å². The summed E-state index contributed by atoms with van der Waals surface area (Å²) in [6.45, 7) is 8.06. The Morgan fingerprint density at radius 1 is 1.17 bits per heavy atom. The molecule has 0 radical (unpaired) electrons. The molecule has 2 fully saturated rings. The number of anilines is 1. The van der Waals surface area contributed by atoms with Crippen LogP contribution in [-0.4, -0.2) is 120 Å². The Bertz CT molecular complexity index is 798. The number of aliphatic hydroxyl groups is 1. The highest BCUT2D eigenvalue weighted by Crippen LogP contribution is 2.25. The van der Waals surface area contributed by atoms with Gasteiger partial charge in [-0.2, -0.15) is 0 Å². The second-order valence-corrected chi connectivity index (χ2v) is 7.57. The van der Waals surface area contributed by atoms with Crippen molar-refractivity contribution in [1.82, 2.24) is 29.3 Å². The highest BCUT2D eigenvalue weighted by molar-refractivity contribution is 5.82. The number of aromatic nitrogens is 4. The smallest absolute Gasteiger partial charge is 0.167 e. The number of nitrogens with one attached hydrogen (secondary N) is 1. The zero-order valence-corrected chi connectivity index (χ0v) is 17.4. The van der Waals surface area contributed by atoms with Crippen molar-refractivity contribution in [2.24, 2.45) is 0 Å². The van der Waals surface area contributed by atoms with E-state index in [0.29, 0.717) is 43.2 Å². The van der Waals surface area contributed by atoms with Gasteiger partial charge in [-0.05, 0) is 0 Å². The Hall–Kier alpha value is -1.89. The number of rotatable bonds is 9. The van der Waals surface area contributed by atoms with Crippen molar-refractivity contribution in [3.05, 3.63) is 12.7 Å². The Kier molecular flexibility index (Phi) is 7.42. The van der Waals surface area contributed by atoms with Crippen LogP contribution in [0.1, 0.15) is 6.23 Å². The van der Waals surface area contributed by atoms with Gasteiger partial charge in [0, 0.05) is 52.9 Å². The van der Waals surface area contributed by atoms with E-state index in [-0.39, 0.29) is 18.9 Å². The first-order chi connectivity index (χ1) is 14.8. The van der Waals surface area contributed by atoms with Crippen LogP contribution in [0.25, 0.3) is 11.2 Å². The first kappa shape index (κ1) is 21.3. The molecule has 0 unspecified atom stereocenters. The maximum Gasteiger partial charge on any atom is 0.167 e. The predicted octanol–water partition coefficient (Wildman–Crippen LogP) is -0.591. The van der Waals surface area contributed by atoms with Gasteiger partial charge in [0.05, 0.1) is 38.9 Å². The van der Waals surface area contributed by atoms with Gasteiger partial charge < -0.3 is 24.6 Å². The second kappa shape index (κ2) is 10.4. The molecule has 0 spiro atoms. The summed E-state index contributed by atoms with van der Waals surface area (Å²) < 4.78 is 18.6. The van der Waals surface area contributed by atoms with Crippen LogP contribution < -0.4 is 5.32 Å². The van der Waals surface area contributed by atoms with Gasteiger partial charge in [0.25, 0.3) is 0 Å². The quantitative estimate of drug-likeness (QED) is 0.510. The molecule has 166 valence electrons. The summed E-state index contributed by atoms with van der Waals surface area (Å²) in [4.78, 5) is 18.0. The maximum atomic E-state index is 9.77. The fourth-order valence-electron chi connectivity index (χ4n) is 3.90. The number of morpholine rings is 2. The average molecular weight is 422 g/mol. The molecule has 2 aliphatic rings. The molecule has 2 aromatic heterocycles. The third-order valence-electron chi connectivity index (χ3n) is 5.53. The van der Waals surface area contributed by atoms with Crippen molar-refractivity contribution in [3.8, 4) is 0 Å². The van der Waals surface area contributed by atoms with Crippen molar-refractivity contribution in [3.63, 3.8) is 0 Å². The summed E-state index contributed by atoms with van der Waals surface area (Å²) in [5, 5.41) is 13.0. The largest absolute Gasteiger partial charge is 0.394 e. The summed E-state index contributed by atoms with van der Waals surface area (Å²) in [5.41, 5.74) is 1.41. The SMILES string of the molecule is COCCNc1ncnc2c1ncn2[C@H]1CN(CCN2CCOCC2)C[C@@H](CO)O1. The zero-order chi connectivity index (χ0) is 20.8. The van der Waals surface area contributed by atoms with E-state index in [1.807, 2.05) is 4.57 Å². The maximum absolute atomic E-state index is 9.77. The number of hydrogen-bond donors (Lipinski definition) is 2. The van der Waals surface area contributed by atoms with Gasteiger partial charge in [-0.1, -0.05) is 0 Å². The topological polar surface area (TPSA) is 110 Å². The number of fused-ring (bicyclic) bond motifs is 1. The predicted molar refractivity (Wildman–Crippen MR) is 110 cm³/mol. The third-order valence-corrected chi connectivity index (χ3v) is 5.53. The minimum atomic E-state index is -0.271. The van der Waals surface area contributed by atoms with Crippen molar-refractivity contribution in [1.29, 1.82) is 0 Å². The lowest BCUT2D eigenvalue weighted by atomic mass is 10.2. The van der Waals surface area contributed by atoms with E-state index in [9.17, 15) is 5.11 Å². The molecule has 0 aromatic carbocycles. The van der Waals surface area contributed by atoms with Crippen molar-refractivity contribution in [2.75, 3.05) is 84.7 Å². The molecule has 2 aromatic rings. The van der Waals surface area contributed by atoms with E-state index in [1.54, 1.807) is 13.4 Å². The number of imidazole rings is 1. The molecule has 0 amide bonds. The van der Waals surface area contributed by atoms with Gasteiger partial charge in [-0.3, -0.25) is 14.4 Å². The standard InChI is InChI=1S/C19H31N7O4/c1-28-7-2-20-18-17-19(22-13-21-18)26(14-23-17)16-11-25(10-15(12-27)30-16)4-3-24-5-8-29-9-6-24/h13-16,27H,2-12H2,1H3,(H,20,21,22)/t15-,16+/m0/s1. The van der Waals surface area contributed by atoms with E-state index < -0.39 is 0 Å². The minimum absolute atomic E-state index is 0.0179. The molecule has 4 heterocycles. The average Bonchev–Trinajstić information content (AvgIpc) is 3.23. The van der Waals surface area contributed by atoms with Crippen LogP contribution >= 0.6 is 0 Å². The lowest BCUT2D eigenvalue weighted by Gasteiger charge is -2.39. The molecule has 2 N–H and O–H groups in total. The Labute approximate surface area is 175 Å². The Morgan fingerprint density at radius 2 is 2.00 bits per heavy atom. The zero-order valence-electron chi connectivity index (χ0n) is 17.4. The van der Waals surface area contributed by atoms with Gasteiger partial charge in [-0.25, -0.2) is 15.0 Å². The molecular weight excluding hydrogens is 390 g/mol. The fourth-order valence-corrected chi connectivity index (χ4v) is 3.90. The van der Waals surface area contributed by atoms with Gasteiger partial charge in [0.2, 0.25) is 0 Å². The molecule has 0 aliphatic carbocycles. The van der Waals surface area contributed by atoms with E-state index in [2.05, 4.69) is 30.1 Å². The van der Waals surface area contributed by atoms with Crippen molar-refractivity contribution < 1.29 is 19.3 Å². The molecule has 2 aliphatic heterocycles. The normalized spacial score (nSPS) is 23.8. The fraction of sp³-hybridized carbons (Fsp3) is 0.737. The molecule has 4 rings (SSSR count). The molecule has 11 nitrogen and oxygen atoms in total. The number of ether oxygens (including phenoxy) is 3. The van der Waals surface area contributed by atoms with E-state index in [4.69, 9.17) is 14.2 Å². The first-order valence-corrected chi connectivity index (χ1v) is 10.5. The van der Waals surface area contributed by atoms with E-state index in [0.717, 1.165) is 39.4 Å². The summed E-state index contributed by atoms with van der Waals surface area (Å²) in [7, 11) is 1.66. The monoisotopic (exact) mass is 421 g/mol. The lowest BCUT2D eigenvalue weighted by Crippen LogP contribution is -2.50. The van der Waals surface area contributed by atoms with Crippen LogP contribution in [0.5, 0.6) is 0 Å². The summed E-state index contributed by atoms with van der Waals surface area (Å²) in [6.07, 6.45) is 2.75. The van der Waals surface area contributed by atoms with Crippen LogP contribution in [0.15, 0.2) is 12.7 Å². The minimum Gasteiger partial charge on any atom is -0.394 e. The van der Waals surface area contributed by atoms with Crippen molar-refractivity contribution >= 4 is 17.0 Å². The summed E-state index contributed by atoms with van der Waals surface area (Å²) in [5.74, 6) is 0.675. The highest BCUT2D eigenvalue weighted by Gasteiger charge is 2.30. The van der Waals surface area contributed by atoms with Crippen LogP contribution in [0, 0.1) is 0 Å². The molecule has 2 saturated heterocycles.